The predicted octanol–water partition coefficient (Wildman–Crippen LogP) is 1.62. The molecule has 0 aliphatic heterocycles. The maximum atomic E-state index is 12.3. The molecule has 2 aromatic rings. The van der Waals surface area contributed by atoms with Crippen molar-refractivity contribution >= 4 is 15.7 Å². The van der Waals surface area contributed by atoms with E-state index in [1.807, 2.05) is 6.92 Å². The molecule has 0 amide bonds. The topological polar surface area (TPSA) is 90.0 Å². The minimum atomic E-state index is -3.68. The van der Waals surface area contributed by atoms with Crippen molar-refractivity contribution in [2.24, 2.45) is 0 Å². The van der Waals surface area contributed by atoms with Crippen LogP contribution in [0.15, 0.2) is 15.6 Å². The van der Waals surface area contributed by atoms with Gasteiger partial charge in [-0.3, -0.25) is 9.40 Å². The number of hydrogen-bond acceptors (Lipinski definition) is 5. The van der Waals surface area contributed by atoms with E-state index in [9.17, 15) is 8.42 Å². The van der Waals surface area contributed by atoms with E-state index in [-0.39, 0.29) is 4.90 Å². The standard InChI is InChI=1S/C11H16N4O3S/c1-5-15-8(3)10(6-12-15)19(16,17)14-11-7(2)13-18-9(11)4/h6,14H,5H2,1-4H3. The second-order valence-corrected chi connectivity index (χ2v) is 5.87. The lowest BCUT2D eigenvalue weighted by Gasteiger charge is -2.07. The van der Waals surface area contributed by atoms with Crippen molar-refractivity contribution in [3.8, 4) is 0 Å². The van der Waals surface area contributed by atoms with Gasteiger partial charge in [0, 0.05) is 6.54 Å². The lowest BCUT2D eigenvalue weighted by Crippen LogP contribution is -2.15. The Bertz CT molecular complexity index is 680. The molecule has 0 saturated heterocycles. The highest BCUT2D eigenvalue weighted by Crippen LogP contribution is 2.24. The van der Waals surface area contributed by atoms with Gasteiger partial charge < -0.3 is 4.52 Å². The first-order valence-electron chi connectivity index (χ1n) is 5.85. The summed E-state index contributed by atoms with van der Waals surface area (Å²) >= 11 is 0. The molecule has 0 radical (unpaired) electrons. The molecular weight excluding hydrogens is 268 g/mol. The Kier molecular flexibility index (Phi) is 3.36. The van der Waals surface area contributed by atoms with Crippen LogP contribution < -0.4 is 4.72 Å². The van der Waals surface area contributed by atoms with Crippen molar-refractivity contribution in [1.29, 1.82) is 0 Å². The van der Waals surface area contributed by atoms with Crippen LogP contribution in [0.3, 0.4) is 0 Å². The van der Waals surface area contributed by atoms with Gasteiger partial charge in [-0.05, 0) is 27.7 Å². The fourth-order valence-corrected chi connectivity index (χ4v) is 3.18. The van der Waals surface area contributed by atoms with E-state index in [0.29, 0.717) is 29.4 Å². The molecule has 7 nitrogen and oxygen atoms in total. The van der Waals surface area contributed by atoms with Gasteiger partial charge in [-0.25, -0.2) is 8.42 Å². The monoisotopic (exact) mass is 284 g/mol. The van der Waals surface area contributed by atoms with Gasteiger partial charge in [0.15, 0.2) is 5.76 Å². The van der Waals surface area contributed by atoms with Crippen molar-refractivity contribution in [3.63, 3.8) is 0 Å². The van der Waals surface area contributed by atoms with Crippen molar-refractivity contribution < 1.29 is 12.9 Å². The highest BCUT2D eigenvalue weighted by Gasteiger charge is 2.23. The second kappa shape index (κ2) is 4.69. The van der Waals surface area contributed by atoms with Crippen LogP contribution in [0.5, 0.6) is 0 Å². The van der Waals surface area contributed by atoms with Gasteiger partial charge in [0.2, 0.25) is 0 Å². The minimum Gasteiger partial charge on any atom is -0.359 e. The summed E-state index contributed by atoms with van der Waals surface area (Å²) in [7, 11) is -3.68. The number of sulfonamides is 1. The third-order valence-electron chi connectivity index (χ3n) is 2.92. The molecule has 0 atom stereocenters. The highest BCUT2D eigenvalue weighted by atomic mass is 32.2. The molecule has 19 heavy (non-hydrogen) atoms. The second-order valence-electron chi connectivity index (χ2n) is 4.21. The van der Waals surface area contributed by atoms with Crippen LogP contribution in [0, 0.1) is 20.8 Å². The van der Waals surface area contributed by atoms with E-state index in [2.05, 4.69) is 15.0 Å². The first-order valence-corrected chi connectivity index (χ1v) is 7.33. The molecule has 0 saturated carbocycles. The summed E-state index contributed by atoms with van der Waals surface area (Å²) in [6, 6.07) is 0. The quantitative estimate of drug-likeness (QED) is 0.921. The molecule has 0 aromatic carbocycles. The molecular formula is C11H16N4O3S. The van der Waals surface area contributed by atoms with Crippen molar-refractivity contribution in [2.75, 3.05) is 4.72 Å². The van der Waals surface area contributed by atoms with E-state index in [4.69, 9.17) is 4.52 Å². The summed E-state index contributed by atoms with van der Waals surface area (Å²) in [6.45, 7) is 7.57. The summed E-state index contributed by atoms with van der Waals surface area (Å²) in [5, 5.41) is 7.75. The van der Waals surface area contributed by atoms with Crippen LogP contribution in [0.2, 0.25) is 0 Å². The third kappa shape index (κ3) is 2.35. The highest BCUT2D eigenvalue weighted by molar-refractivity contribution is 7.92. The molecule has 2 rings (SSSR count). The molecule has 0 unspecified atom stereocenters. The number of nitrogens with one attached hydrogen (secondary N) is 1. The van der Waals surface area contributed by atoms with E-state index in [0.717, 1.165) is 0 Å². The number of nitrogens with zero attached hydrogens (tertiary/aromatic N) is 3. The molecule has 0 fully saturated rings. The number of aromatic nitrogens is 3. The fraction of sp³-hybridized carbons (Fsp3) is 0.455. The molecule has 0 bridgehead atoms. The molecule has 0 spiro atoms. The van der Waals surface area contributed by atoms with Crippen LogP contribution in [0.4, 0.5) is 5.69 Å². The van der Waals surface area contributed by atoms with Gasteiger partial charge in [-0.2, -0.15) is 5.10 Å². The lowest BCUT2D eigenvalue weighted by molar-refractivity contribution is 0.393. The van der Waals surface area contributed by atoms with Crippen molar-refractivity contribution in [1.82, 2.24) is 14.9 Å². The van der Waals surface area contributed by atoms with Gasteiger partial charge in [0.05, 0.1) is 11.9 Å². The van der Waals surface area contributed by atoms with Crippen LogP contribution >= 0.6 is 0 Å². The number of anilines is 1. The van der Waals surface area contributed by atoms with Gasteiger partial charge in [0.25, 0.3) is 10.0 Å². The van der Waals surface area contributed by atoms with Crippen LogP contribution in [-0.4, -0.2) is 23.4 Å². The van der Waals surface area contributed by atoms with Crippen molar-refractivity contribution in [3.05, 3.63) is 23.3 Å². The first kappa shape index (κ1) is 13.6. The predicted molar refractivity (Wildman–Crippen MR) is 69.4 cm³/mol. The smallest absolute Gasteiger partial charge is 0.265 e. The van der Waals surface area contributed by atoms with Gasteiger partial charge >= 0.3 is 0 Å². The summed E-state index contributed by atoms with van der Waals surface area (Å²) in [6.07, 6.45) is 1.35. The minimum absolute atomic E-state index is 0.161. The summed E-state index contributed by atoms with van der Waals surface area (Å²) < 4.78 is 33.7. The van der Waals surface area contributed by atoms with E-state index >= 15 is 0 Å². The molecule has 1 N–H and O–H groups in total. The average Bonchev–Trinajstić information content (AvgIpc) is 2.86. The van der Waals surface area contributed by atoms with Gasteiger partial charge in [0.1, 0.15) is 16.3 Å². The molecule has 2 aromatic heterocycles. The largest absolute Gasteiger partial charge is 0.359 e. The van der Waals surface area contributed by atoms with Gasteiger partial charge in [-0.1, -0.05) is 5.16 Å². The maximum Gasteiger partial charge on any atom is 0.265 e. The molecule has 104 valence electrons. The summed E-state index contributed by atoms with van der Waals surface area (Å²) in [5.41, 5.74) is 1.48. The Morgan fingerprint density at radius 1 is 1.37 bits per heavy atom. The normalized spacial score (nSPS) is 11.8. The first-order chi connectivity index (χ1) is 8.86. The molecule has 8 heteroatoms. The van der Waals surface area contributed by atoms with Crippen LogP contribution in [-0.2, 0) is 16.6 Å². The Morgan fingerprint density at radius 2 is 2.05 bits per heavy atom. The van der Waals surface area contributed by atoms with E-state index in [1.165, 1.54) is 6.20 Å². The Balaban J connectivity index is 2.41. The SMILES string of the molecule is CCn1ncc(S(=O)(=O)Nc2c(C)noc2C)c1C. The molecule has 0 aliphatic carbocycles. The zero-order valence-electron chi connectivity index (χ0n) is 11.3. The summed E-state index contributed by atoms with van der Waals surface area (Å²) in [4.78, 5) is 0.161. The Morgan fingerprint density at radius 3 is 2.53 bits per heavy atom. The zero-order valence-corrected chi connectivity index (χ0v) is 12.1. The maximum absolute atomic E-state index is 12.3. The van der Waals surface area contributed by atoms with E-state index in [1.54, 1.807) is 25.5 Å². The zero-order chi connectivity index (χ0) is 14.2. The lowest BCUT2D eigenvalue weighted by atomic mass is 10.3. The number of aryl methyl sites for hydroxylation is 3. The van der Waals surface area contributed by atoms with Crippen LogP contribution in [0.1, 0.15) is 24.1 Å². The molecule has 0 aliphatic rings. The van der Waals surface area contributed by atoms with E-state index < -0.39 is 10.0 Å². The fourth-order valence-electron chi connectivity index (χ4n) is 1.83. The molecule has 2 heterocycles. The van der Waals surface area contributed by atoms with Gasteiger partial charge in [-0.15, -0.1) is 0 Å². The third-order valence-corrected chi connectivity index (χ3v) is 4.37. The van der Waals surface area contributed by atoms with Crippen molar-refractivity contribution in [2.45, 2.75) is 39.1 Å². The van der Waals surface area contributed by atoms with Crippen LogP contribution in [0.25, 0.3) is 0 Å². The number of hydrogen-bond donors (Lipinski definition) is 1. The average molecular weight is 284 g/mol. The summed E-state index contributed by atoms with van der Waals surface area (Å²) in [5.74, 6) is 0.432. The Hall–Kier alpha value is -1.83. The Labute approximate surface area is 111 Å². The number of rotatable bonds is 4.